The van der Waals surface area contributed by atoms with Crippen LogP contribution in [-0.2, 0) is 6.54 Å². The Labute approximate surface area is 148 Å². The molecule has 0 radical (unpaired) electrons. The van der Waals surface area contributed by atoms with Crippen LogP contribution in [0.1, 0.15) is 18.4 Å². The van der Waals surface area contributed by atoms with E-state index in [0.29, 0.717) is 6.61 Å². The van der Waals surface area contributed by atoms with Gasteiger partial charge in [-0.1, -0.05) is 30.3 Å². The van der Waals surface area contributed by atoms with E-state index in [4.69, 9.17) is 4.74 Å². The second-order valence-corrected chi connectivity index (χ2v) is 7.00. The van der Waals surface area contributed by atoms with Crippen molar-refractivity contribution in [1.82, 2.24) is 9.88 Å². The Morgan fingerprint density at radius 3 is 2.64 bits per heavy atom. The van der Waals surface area contributed by atoms with Crippen molar-refractivity contribution in [2.75, 3.05) is 19.7 Å². The lowest BCUT2D eigenvalue weighted by atomic mass is 9.92. The second-order valence-electron chi connectivity index (χ2n) is 7.00. The summed E-state index contributed by atoms with van der Waals surface area (Å²) in [6.07, 6.45) is 3.46. The van der Waals surface area contributed by atoms with Crippen LogP contribution in [-0.4, -0.2) is 40.3 Å². The van der Waals surface area contributed by atoms with Gasteiger partial charge in [0.15, 0.2) is 0 Å². The second kappa shape index (κ2) is 6.90. The molecule has 1 aliphatic rings. The largest absolute Gasteiger partial charge is 0.491 e. The Morgan fingerprint density at radius 1 is 1.04 bits per heavy atom. The minimum atomic E-state index is -0.726. The van der Waals surface area contributed by atoms with Gasteiger partial charge in [0.2, 0.25) is 0 Å². The van der Waals surface area contributed by atoms with E-state index in [9.17, 15) is 5.11 Å². The predicted octanol–water partition coefficient (Wildman–Crippen LogP) is 3.57. The highest BCUT2D eigenvalue weighted by Gasteiger charge is 2.33. The molecule has 0 saturated carbocycles. The first-order valence-corrected chi connectivity index (χ1v) is 8.89. The van der Waals surface area contributed by atoms with Gasteiger partial charge in [0.25, 0.3) is 0 Å². The molecule has 1 aliphatic heterocycles. The van der Waals surface area contributed by atoms with Crippen LogP contribution in [0.4, 0.5) is 0 Å². The van der Waals surface area contributed by atoms with Crippen molar-refractivity contribution in [3.63, 3.8) is 0 Å². The SMILES string of the molecule is OC1(COc2ccccc2)CCN(Cc2ccc3cc[nH]c3c2)CC1. The molecule has 0 aliphatic carbocycles. The molecule has 25 heavy (non-hydrogen) atoms. The molecule has 130 valence electrons. The first-order chi connectivity index (χ1) is 12.2. The number of piperidine rings is 1. The fourth-order valence-corrected chi connectivity index (χ4v) is 3.46. The zero-order valence-corrected chi connectivity index (χ0v) is 14.3. The number of nitrogens with zero attached hydrogens (tertiary/aromatic N) is 1. The molecular formula is C21H24N2O2. The third kappa shape index (κ3) is 3.86. The number of hydrogen-bond donors (Lipinski definition) is 2. The molecule has 2 heterocycles. The van der Waals surface area contributed by atoms with Crippen molar-refractivity contribution < 1.29 is 9.84 Å². The number of benzene rings is 2. The minimum absolute atomic E-state index is 0.360. The topological polar surface area (TPSA) is 48.5 Å². The molecular weight excluding hydrogens is 312 g/mol. The first kappa shape index (κ1) is 16.2. The van der Waals surface area contributed by atoms with E-state index in [-0.39, 0.29) is 0 Å². The molecule has 0 atom stereocenters. The van der Waals surface area contributed by atoms with Gasteiger partial charge in [-0.15, -0.1) is 0 Å². The highest BCUT2D eigenvalue weighted by atomic mass is 16.5. The van der Waals surface area contributed by atoms with Crippen LogP contribution in [0.25, 0.3) is 10.9 Å². The Kier molecular flexibility index (Phi) is 4.47. The fourth-order valence-electron chi connectivity index (χ4n) is 3.46. The van der Waals surface area contributed by atoms with Crippen LogP contribution in [0.3, 0.4) is 0 Å². The van der Waals surface area contributed by atoms with Gasteiger partial charge < -0.3 is 14.8 Å². The zero-order chi connectivity index (χ0) is 17.1. The van der Waals surface area contributed by atoms with Crippen LogP contribution < -0.4 is 4.74 Å². The van der Waals surface area contributed by atoms with E-state index in [1.54, 1.807) is 0 Å². The molecule has 3 aromatic rings. The number of likely N-dealkylation sites (tertiary alicyclic amines) is 1. The highest BCUT2D eigenvalue weighted by molar-refractivity contribution is 5.79. The van der Waals surface area contributed by atoms with Gasteiger partial charge in [-0.25, -0.2) is 0 Å². The molecule has 4 heteroatoms. The fraction of sp³-hybridized carbons (Fsp3) is 0.333. The van der Waals surface area contributed by atoms with Crippen molar-refractivity contribution in [2.45, 2.75) is 25.0 Å². The number of fused-ring (bicyclic) bond motifs is 1. The molecule has 1 saturated heterocycles. The number of nitrogens with one attached hydrogen (secondary N) is 1. The molecule has 2 aromatic carbocycles. The Hall–Kier alpha value is -2.30. The van der Waals surface area contributed by atoms with E-state index in [1.807, 2.05) is 36.5 Å². The van der Waals surface area contributed by atoms with E-state index in [1.165, 1.54) is 16.5 Å². The molecule has 1 fully saturated rings. The molecule has 2 N–H and O–H groups in total. The number of rotatable bonds is 5. The van der Waals surface area contributed by atoms with Gasteiger partial charge in [0, 0.05) is 31.3 Å². The van der Waals surface area contributed by atoms with Crippen molar-refractivity contribution in [1.29, 1.82) is 0 Å². The van der Waals surface area contributed by atoms with Crippen LogP contribution >= 0.6 is 0 Å². The van der Waals surface area contributed by atoms with Gasteiger partial charge in [-0.2, -0.15) is 0 Å². The van der Waals surface area contributed by atoms with Gasteiger partial charge in [-0.05, 0) is 48.1 Å². The summed E-state index contributed by atoms with van der Waals surface area (Å²) in [5.41, 5.74) is 1.76. The summed E-state index contributed by atoms with van der Waals surface area (Å²) in [4.78, 5) is 5.67. The lowest BCUT2D eigenvalue weighted by molar-refractivity contribution is -0.0537. The summed E-state index contributed by atoms with van der Waals surface area (Å²) in [6, 6.07) is 18.4. The van der Waals surface area contributed by atoms with Gasteiger partial charge in [0.1, 0.15) is 18.0 Å². The number of aromatic nitrogens is 1. The standard InChI is InChI=1S/C21H24N2O2/c24-21(16-25-19-4-2-1-3-5-19)9-12-23(13-10-21)15-17-6-7-18-8-11-22-20(18)14-17/h1-8,11,14,22,24H,9-10,12-13,15-16H2. The number of aliphatic hydroxyl groups is 1. The monoisotopic (exact) mass is 336 g/mol. The van der Waals surface area contributed by atoms with Crippen molar-refractivity contribution in [3.05, 3.63) is 66.4 Å². The lowest BCUT2D eigenvalue weighted by Crippen LogP contribution is -2.47. The lowest BCUT2D eigenvalue weighted by Gasteiger charge is -2.38. The summed E-state index contributed by atoms with van der Waals surface area (Å²) in [5.74, 6) is 0.817. The van der Waals surface area contributed by atoms with Crippen molar-refractivity contribution >= 4 is 10.9 Å². The van der Waals surface area contributed by atoms with Crippen LogP contribution in [0.15, 0.2) is 60.8 Å². The van der Waals surface area contributed by atoms with E-state index in [2.05, 4.69) is 34.1 Å². The van der Waals surface area contributed by atoms with Gasteiger partial charge in [-0.3, -0.25) is 4.90 Å². The molecule has 4 rings (SSSR count). The van der Waals surface area contributed by atoms with Crippen LogP contribution in [0.2, 0.25) is 0 Å². The van der Waals surface area contributed by atoms with E-state index < -0.39 is 5.60 Å². The smallest absolute Gasteiger partial charge is 0.119 e. The zero-order valence-electron chi connectivity index (χ0n) is 14.3. The van der Waals surface area contributed by atoms with Crippen LogP contribution in [0, 0.1) is 0 Å². The van der Waals surface area contributed by atoms with E-state index in [0.717, 1.165) is 38.2 Å². The number of para-hydroxylation sites is 1. The maximum absolute atomic E-state index is 10.8. The maximum atomic E-state index is 10.8. The summed E-state index contributed by atoms with van der Waals surface area (Å²) in [5, 5.41) is 12.0. The van der Waals surface area contributed by atoms with Crippen molar-refractivity contribution in [2.24, 2.45) is 0 Å². The predicted molar refractivity (Wildman–Crippen MR) is 99.7 cm³/mol. The Balaban J connectivity index is 1.31. The molecule has 0 bridgehead atoms. The summed E-state index contributed by atoms with van der Waals surface area (Å²) in [6.45, 7) is 3.05. The Morgan fingerprint density at radius 2 is 1.84 bits per heavy atom. The van der Waals surface area contributed by atoms with Gasteiger partial charge >= 0.3 is 0 Å². The summed E-state index contributed by atoms with van der Waals surface area (Å²) < 4.78 is 5.77. The maximum Gasteiger partial charge on any atom is 0.119 e. The molecule has 4 nitrogen and oxygen atoms in total. The average Bonchev–Trinajstić information content (AvgIpc) is 3.11. The van der Waals surface area contributed by atoms with Crippen molar-refractivity contribution in [3.8, 4) is 5.75 Å². The van der Waals surface area contributed by atoms with Gasteiger partial charge in [0.05, 0.1) is 0 Å². The normalized spacial score (nSPS) is 17.6. The van der Waals surface area contributed by atoms with Crippen LogP contribution in [0.5, 0.6) is 5.75 Å². The van der Waals surface area contributed by atoms with E-state index >= 15 is 0 Å². The number of aromatic amines is 1. The molecule has 0 spiro atoms. The first-order valence-electron chi connectivity index (χ1n) is 8.89. The summed E-state index contributed by atoms with van der Waals surface area (Å²) >= 11 is 0. The molecule has 0 amide bonds. The quantitative estimate of drug-likeness (QED) is 0.749. The number of H-pyrrole nitrogens is 1. The number of ether oxygens (including phenoxy) is 1. The highest BCUT2D eigenvalue weighted by Crippen LogP contribution is 2.25. The minimum Gasteiger partial charge on any atom is -0.491 e. The third-order valence-electron chi connectivity index (χ3n) is 5.06. The third-order valence-corrected chi connectivity index (χ3v) is 5.06. The molecule has 1 aromatic heterocycles. The average molecular weight is 336 g/mol. The summed E-state index contributed by atoms with van der Waals surface area (Å²) in [7, 11) is 0. The number of hydrogen-bond acceptors (Lipinski definition) is 3. The Bertz CT molecular complexity index is 820. The molecule has 0 unspecified atom stereocenters.